The molecular weight excluding hydrogens is 316 g/mol. The number of carbonyl (C=O) groups is 3. The van der Waals surface area contributed by atoms with Crippen LogP contribution in [-0.2, 0) is 14.4 Å². The third kappa shape index (κ3) is 10.4. The summed E-state index contributed by atoms with van der Waals surface area (Å²) in [7, 11) is 0. The van der Waals surface area contributed by atoms with Crippen LogP contribution in [0, 0.1) is 5.92 Å². The molecular formula is C14H28N6O4. The second-order valence-corrected chi connectivity index (χ2v) is 5.86. The maximum atomic E-state index is 11.8. The van der Waals surface area contributed by atoms with Gasteiger partial charge in [0.05, 0.1) is 12.6 Å². The van der Waals surface area contributed by atoms with Crippen LogP contribution in [0.4, 0.5) is 0 Å². The number of carboxylic acids is 1. The number of carbonyl (C=O) groups excluding carboxylic acids is 2. The molecule has 0 saturated carbocycles. The first-order valence-corrected chi connectivity index (χ1v) is 7.74. The molecule has 2 atom stereocenters. The summed E-state index contributed by atoms with van der Waals surface area (Å²) in [5, 5.41) is 13.8. The van der Waals surface area contributed by atoms with Gasteiger partial charge in [-0.1, -0.05) is 13.8 Å². The standard InChI is InChI=1S/C14H28N6O4/c1-8(2)6-9(15)12(22)19-7-11(21)20-10(13(23)24)4-3-5-18-14(16)17/h8-10H,3-7,15H2,1-2H3,(H,19,22)(H,20,21)(H,23,24)(H4,16,17,18). The van der Waals surface area contributed by atoms with Gasteiger partial charge < -0.3 is 32.9 Å². The summed E-state index contributed by atoms with van der Waals surface area (Å²) >= 11 is 0. The number of hydrogen-bond acceptors (Lipinski definition) is 5. The highest BCUT2D eigenvalue weighted by Gasteiger charge is 2.20. The zero-order valence-electron chi connectivity index (χ0n) is 14.1. The zero-order chi connectivity index (χ0) is 18.7. The molecule has 0 aliphatic heterocycles. The number of amides is 2. The predicted molar refractivity (Wildman–Crippen MR) is 89.9 cm³/mol. The second kappa shape index (κ2) is 11.2. The van der Waals surface area contributed by atoms with E-state index in [1.54, 1.807) is 0 Å². The van der Waals surface area contributed by atoms with E-state index in [-0.39, 0.29) is 31.4 Å². The van der Waals surface area contributed by atoms with Crippen molar-refractivity contribution < 1.29 is 19.5 Å². The number of aliphatic carboxylic acids is 1. The zero-order valence-corrected chi connectivity index (χ0v) is 14.1. The molecule has 24 heavy (non-hydrogen) atoms. The lowest BCUT2D eigenvalue weighted by molar-refractivity contribution is -0.141. The van der Waals surface area contributed by atoms with E-state index in [1.165, 1.54) is 0 Å². The first-order chi connectivity index (χ1) is 11.1. The number of guanidine groups is 1. The molecule has 0 rings (SSSR count). The fourth-order valence-electron chi connectivity index (χ4n) is 1.92. The molecule has 10 nitrogen and oxygen atoms in total. The second-order valence-electron chi connectivity index (χ2n) is 5.86. The van der Waals surface area contributed by atoms with Crippen LogP contribution in [0.1, 0.15) is 33.1 Å². The van der Waals surface area contributed by atoms with E-state index in [0.29, 0.717) is 12.8 Å². The lowest BCUT2D eigenvalue weighted by Gasteiger charge is -2.16. The molecule has 138 valence electrons. The molecule has 2 amide bonds. The molecule has 0 aromatic rings. The summed E-state index contributed by atoms with van der Waals surface area (Å²) in [6.07, 6.45) is 1.05. The minimum Gasteiger partial charge on any atom is -0.480 e. The third-order valence-electron chi connectivity index (χ3n) is 3.06. The van der Waals surface area contributed by atoms with Crippen molar-refractivity contribution in [1.29, 1.82) is 0 Å². The van der Waals surface area contributed by atoms with Gasteiger partial charge >= 0.3 is 5.97 Å². The van der Waals surface area contributed by atoms with Gasteiger partial charge in [-0.05, 0) is 25.2 Å². The number of carboxylic acid groups (broad SMARTS) is 1. The summed E-state index contributed by atoms with van der Waals surface area (Å²) < 4.78 is 0. The van der Waals surface area contributed by atoms with E-state index in [9.17, 15) is 14.4 Å². The van der Waals surface area contributed by atoms with Crippen molar-refractivity contribution in [2.24, 2.45) is 28.1 Å². The summed E-state index contributed by atoms with van der Waals surface area (Å²) in [6.45, 7) is 3.80. The summed E-state index contributed by atoms with van der Waals surface area (Å²) in [4.78, 5) is 38.3. The number of nitrogens with zero attached hydrogens (tertiary/aromatic N) is 1. The van der Waals surface area contributed by atoms with Crippen LogP contribution in [0.2, 0.25) is 0 Å². The molecule has 2 unspecified atom stereocenters. The topological polar surface area (TPSA) is 186 Å². The van der Waals surface area contributed by atoms with Gasteiger partial charge in [0.2, 0.25) is 11.8 Å². The fraction of sp³-hybridized carbons (Fsp3) is 0.714. The normalized spacial score (nSPS) is 13.0. The molecule has 0 bridgehead atoms. The Balaban J connectivity index is 4.26. The molecule has 9 N–H and O–H groups in total. The Morgan fingerprint density at radius 3 is 2.33 bits per heavy atom. The van der Waals surface area contributed by atoms with Crippen LogP contribution in [0.3, 0.4) is 0 Å². The van der Waals surface area contributed by atoms with Crippen LogP contribution in [-0.4, -0.2) is 54.0 Å². The third-order valence-corrected chi connectivity index (χ3v) is 3.06. The highest BCUT2D eigenvalue weighted by Crippen LogP contribution is 2.02. The Morgan fingerprint density at radius 1 is 1.21 bits per heavy atom. The molecule has 0 radical (unpaired) electrons. The van der Waals surface area contributed by atoms with E-state index in [1.807, 2.05) is 13.8 Å². The highest BCUT2D eigenvalue weighted by molar-refractivity contribution is 5.89. The smallest absolute Gasteiger partial charge is 0.326 e. The molecule has 0 aromatic carbocycles. The minimum absolute atomic E-state index is 0.0774. The Labute approximate surface area is 141 Å². The largest absolute Gasteiger partial charge is 0.480 e. The highest BCUT2D eigenvalue weighted by atomic mass is 16.4. The maximum Gasteiger partial charge on any atom is 0.326 e. The molecule has 0 aromatic heterocycles. The Bertz CT molecular complexity index is 462. The molecule has 0 saturated heterocycles. The van der Waals surface area contributed by atoms with Crippen molar-refractivity contribution in [2.45, 2.75) is 45.2 Å². The van der Waals surface area contributed by atoms with Gasteiger partial charge in [-0.3, -0.25) is 14.6 Å². The first-order valence-electron chi connectivity index (χ1n) is 7.74. The molecule has 0 fully saturated rings. The van der Waals surface area contributed by atoms with Gasteiger partial charge in [-0.2, -0.15) is 0 Å². The van der Waals surface area contributed by atoms with Crippen LogP contribution >= 0.6 is 0 Å². The van der Waals surface area contributed by atoms with E-state index in [4.69, 9.17) is 22.3 Å². The van der Waals surface area contributed by atoms with Crippen molar-refractivity contribution in [3.05, 3.63) is 0 Å². The van der Waals surface area contributed by atoms with Crippen LogP contribution in [0.15, 0.2) is 4.99 Å². The van der Waals surface area contributed by atoms with E-state index in [2.05, 4.69) is 15.6 Å². The number of rotatable bonds is 11. The van der Waals surface area contributed by atoms with Gasteiger partial charge in [0.25, 0.3) is 0 Å². The van der Waals surface area contributed by atoms with Gasteiger partial charge in [-0.15, -0.1) is 0 Å². The van der Waals surface area contributed by atoms with Crippen molar-refractivity contribution >= 4 is 23.7 Å². The van der Waals surface area contributed by atoms with Crippen molar-refractivity contribution in [1.82, 2.24) is 10.6 Å². The average Bonchev–Trinajstić information content (AvgIpc) is 2.46. The Morgan fingerprint density at radius 2 is 1.83 bits per heavy atom. The molecule has 0 spiro atoms. The van der Waals surface area contributed by atoms with Gasteiger partial charge in [0.15, 0.2) is 5.96 Å². The minimum atomic E-state index is -1.17. The fourth-order valence-corrected chi connectivity index (χ4v) is 1.92. The van der Waals surface area contributed by atoms with E-state index in [0.717, 1.165) is 0 Å². The maximum absolute atomic E-state index is 11.8. The van der Waals surface area contributed by atoms with Crippen molar-refractivity contribution in [2.75, 3.05) is 13.1 Å². The van der Waals surface area contributed by atoms with Crippen molar-refractivity contribution in [3.8, 4) is 0 Å². The average molecular weight is 344 g/mol. The van der Waals surface area contributed by atoms with Gasteiger partial charge in [-0.25, -0.2) is 4.79 Å². The summed E-state index contributed by atoms with van der Waals surface area (Å²) in [5.74, 6) is -2.05. The predicted octanol–water partition coefficient (Wildman–Crippen LogP) is -1.90. The number of nitrogens with one attached hydrogen (secondary N) is 2. The molecule has 0 aliphatic rings. The molecule has 0 heterocycles. The monoisotopic (exact) mass is 344 g/mol. The lowest BCUT2D eigenvalue weighted by atomic mass is 10.0. The number of nitrogens with two attached hydrogens (primary N) is 3. The van der Waals surface area contributed by atoms with Crippen LogP contribution in [0.5, 0.6) is 0 Å². The molecule has 0 aliphatic carbocycles. The van der Waals surface area contributed by atoms with E-state index < -0.39 is 29.9 Å². The van der Waals surface area contributed by atoms with Crippen LogP contribution < -0.4 is 27.8 Å². The lowest BCUT2D eigenvalue weighted by Crippen LogP contribution is -2.48. The SMILES string of the molecule is CC(C)CC(N)C(=O)NCC(=O)NC(CCCN=C(N)N)C(=O)O. The Hall–Kier alpha value is -2.36. The summed E-state index contributed by atoms with van der Waals surface area (Å²) in [5.41, 5.74) is 16.0. The first kappa shape index (κ1) is 21.6. The Kier molecular flexibility index (Phi) is 10.1. The number of hydrogen-bond donors (Lipinski definition) is 6. The number of aliphatic imine (C=N–C) groups is 1. The summed E-state index contributed by atoms with van der Waals surface area (Å²) in [6, 6.07) is -1.78. The molecule has 10 heteroatoms. The van der Waals surface area contributed by atoms with Gasteiger partial charge in [0.1, 0.15) is 6.04 Å². The van der Waals surface area contributed by atoms with E-state index >= 15 is 0 Å². The van der Waals surface area contributed by atoms with Crippen molar-refractivity contribution in [3.63, 3.8) is 0 Å². The quantitative estimate of drug-likeness (QED) is 0.143. The van der Waals surface area contributed by atoms with Gasteiger partial charge in [0, 0.05) is 6.54 Å². The van der Waals surface area contributed by atoms with Crippen LogP contribution in [0.25, 0.3) is 0 Å².